The molecule has 16 heavy (non-hydrogen) atoms. The van der Waals surface area contributed by atoms with Crippen molar-refractivity contribution in [1.29, 1.82) is 0 Å². The fraction of sp³-hybridized carbons (Fsp3) is 0.308. The van der Waals surface area contributed by atoms with Crippen LogP contribution in [0.15, 0.2) is 36.5 Å². The standard InChI is InChI=1S/C13H14N2O/c14-9-7-10(8-9)16-13-5-1-4-12-11(13)3-2-6-15-12/h1-6,9-10H,7-8,14H2. The lowest BCUT2D eigenvalue weighted by Crippen LogP contribution is -2.43. The molecule has 0 aliphatic heterocycles. The van der Waals surface area contributed by atoms with E-state index in [1.807, 2.05) is 30.3 Å². The van der Waals surface area contributed by atoms with E-state index in [-0.39, 0.29) is 6.10 Å². The summed E-state index contributed by atoms with van der Waals surface area (Å²) in [5.41, 5.74) is 6.72. The summed E-state index contributed by atoms with van der Waals surface area (Å²) in [4.78, 5) is 4.30. The summed E-state index contributed by atoms with van der Waals surface area (Å²) in [7, 11) is 0. The third-order valence-electron chi connectivity index (χ3n) is 3.03. The lowest BCUT2D eigenvalue weighted by atomic mass is 9.90. The summed E-state index contributed by atoms with van der Waals surface area (Å²) in [5.74, 6) is 0.919. The maximum absolute atomic E-state index is 5.91. The first-order chi connectivity index (χ1) is 7.83. The Labute approximate surface area is 94.2 Å². The summed E-state index contributed by atoms with van der Waals surface area (Å²) in [6.45, 7) is 0. The zero-order valence-electron chi connectivity index (χ0n) is 8.97. The van der Waals surface area contributed by atoms with E-state index in [4.69, 9.17) is 10.5 Å². The molecule has 2 N–H and O–H groups in total. The first-order valence-electron chi connectivity index (χ1n) is 5.59. The minimum absolute atomic E-state index is 0.279. The number of rotatable bonds is 2. The maximum atomic E-state index is 5.91. The first-order valence-corrected chi connectivity index (χ1v) is 5.59. The van der Waals surface area contributed by atoms with Crippen LogP contribution in [0.5, 0.6) is 5.75 Å². The fourth-order valence-corrected chi connectivity index (χ4v) is 2.06. The van der Waals surface area contributed by atoms with Gasteiger partial charge in [-0.05, 0) is 37.1 Å². The molecule has 0 saturated heterocycles. The molecule has 0 radical (unpaired) electrons. The molecule has 82 valence electrons. The number of hydrogen-bond acceptors (Lipinski definition) is 3. The van der Waals surface area contributed by atoms with Crippen LogP contribution < -0.4 is 10.5 Å². The van der Waals surface area contributed by atoms with Gasteiger partial charge in [0, 0.05) is 17.6 Å². The molecule has 1 aliphatic rings. The molecule has 1 saturated carbocycles. The molecular formula is C13H14N2O. The molecule has 0 atom stereocenters. The fourth-order valence-electron chi connectivity index (χ4n) is 2.06. The Balaban J connectivity index is 1.91. The molecule has 3 heteroatoms. The van der Waals surface area contributed by atoms with Gasteiger partial charge in [-0.3, -0.25) is 4.98 Å². The summed E-state index contributed by atoms with van der Waals surface area (Å²) in [6.07, 6.45) is 3.99. The molecule has 1 heterocycles. The molecule has 1 aromatic heterocycles. The van der Waals surface area contributed by atoms with Crippen molar-refractivity contribution in [3.05, 3.63) is 36.5 Å². The normalized spacial score (nSPS) is 24.1. The molecule has 0 unspecified atom stereocenters. The van der Waals surface area contributed by atoms with Crippen LogP contribution >= 0.6 is 0 Å². The van der Waals surface area contributed by atoms with Crippen LogP contribution in [0.3, 0.4) is 0 Å². The van der Waals surface area contributed by atoms with Gasteiger partial charge in [-0.15, -0.1) is 0 Å². The SMILES string of the molecule is NC1CC(Oc2cccc3ncccc23)C1. The predicted molar refractivity (Wildman–Crippen MR) is 63.4 cm³/mol. The first kappa shape index (κ1) is 9.60. The minimum Gasteiger partial charge on any atom is -0.490 e. The van der Waals surface area contributed by atoms with Gasteiger partial charge in [0.05, 0.1) is 5.52 Å². The monoisotopic (exact) mass is 214 g/mol. The van der Waals surface area contributed by atoms with E-state index in [0.29, 0.717) is 6.04 Å². The van der Waals surface area contributed by atoms with Crippen molar-refractivity contribution >= 4 is 10.9 Å². The van der Waals surface area contributed by atoms with Crippen molar-refractivity contribution in [2.45, 2.75) is 25.0 Å². The molecule has 3 rings (SSSR count). The van der Waals surface area contributed by atoms with Gasteiger partial charge in [0.25, 0.3) is 0 Å². The Morgan fingerprint density at radius 1 is 1.19 bits per heavy atom. The maximum Gasteiger partial charge on any atom is 0.129 e. The Morgan fingerprint density at radius 3 is 2.88 bits per heavy atom. The average molecular weight is 214 g/mol. The van der Waals surface area contributed by atoms with Gasteiger partial charge < -0.3 is 10.5 Å². The van der Waals surface area contributed by atoms with E-state index in [9.17, 15) is 0 Å². The van der Waals surface area contributed by atoms with E-state index >= 15 is 0 Å². The van der Waals surface area contributed by atoms with Crippen LogP contribution in [0.25, 0.3) is 10.9 Å². The molecule has 0 spiro atoms. The number of nitrogens with zero attached hydrogens (tertiary/aromatic N) is 1. The number of nitrogens with two attached hydrogens (primary N) is 1. The van der Waals surface area contributed by atoms with Crippen molar-refractivity contribution < 1.29 is 4.74 Å². The number of ether oxygens (including phenoxy) is 1. The summed E-state index contributed by atoms with van der Waals surface area (Å²) < 4.78 is 5.91. The smallest absolute Gasteiger partial charge is 0.129 e. The molecule has 1 fully saturated rings. The molecule has 3 nitrogen and oxygen atoms in total. The Hall–Kier alpha value is -1.61. The highest BCUT2D eigenvalue weighted by molar-refractivity contribution is 5.84. The van der Waals surface area contributed by atoms with Crippen molar-refractivity contribution in [2.24, 2.45) is 5.73 Å². The Morgan fingerprint density at radius 2 is 2.06 bits per heavy atom. The zero-order valence-corrected chi connectivity index (χ0v) is 8.97. The van der Waals surface area contributed by atoms with E-state index < -0.39 is 0 Å². The Bertz CT molecular complexity index is 501. The largest absolute Gasteiger partial charge is 0.490 e. The number of benzene rings is 1. The van der Waals surface area contributed by atoms with E-state index in [2.05, 4.69) is 4.98 Å². The second-order valence-corrected chi connectivity index (χ2v) is 4.30. The van der Waals surface area contributed by atoms with Crippen molar-refractivity contribution in [3.63, 3.8) is 0 Å². The average Bonchev–Trinajstić information content (AvgIpc) is 2.27. The van der Waals surface area contributed by atoms with Crippen LogP contribution in [0, 0.1) is 0 Å². The van der Waals surface area contributed by atoms with Gasteiger partial charge in [-0.25, -0.2) is 0 Å². The highest BCUT2D eigenvalue weighted by Crippen LogP contribution is 2.29. The third kappa shape index (κ3) is 1.63. The summed E-state index contributed by atoms with van der Waals surface area (Å²) in [5, 5.41) is 1.07. The zero-order chi connectivity index (χ0) is 11.0. The number of fused-ring (bicyclic) bond motifs is 1. The topological polar surface area (TPSA) is 48.1 Å². The van der Waals surface area contributed by atoms with Gasteiger partial charge >= 0.3 is 0 Å². The third-order valence-corrected chi connectivity index (χ3v) is 3.03. The molecule has 1 aliphatic carbocycles. The van der Waals surface area contributed by atoms with Crippen LogP contribution in [0.4, 0.5) is 0 Å². The second-order valence-electron chi connectivity index (χ2n) is 4.30. The predicted octanol–water partition coefficient (Wildman–Crippen LogP) is 2.10. The summed E-state index contributed by atoms with van der Waals surface area (Å²) in [6, 6.07) is 10.3. The van der Waals surface area contributed by atoms with Crippen molar-refractivity contribution in [2.75, 3.05) is 0 Å². The van der Waals surface area contributed by atoms with Crippen LogP contribution in [-0.4, -0.2) is 17.1 Å². The highest BCUT2D eigenvalue weighted by Gasteiger charge is 2.27. The van der Waals surface area contributed by atoms with Crippen LogP contribution in [-0.2, 0) is 0 Å². The van der Waals surface area contributed by atoms with Crippen LogP contribution in [0.2, 0.25) is 0 Å². The van der Waals surface area contributed by atoms with Gasteiger partial charge in [0.2, 0.25) is 0 Å². The van der Waals surface area contributed by atoms with Gasteiger partial charge in [-0.2, -0.15) is 0 Å². The highest BCUT2D eigenvalue weighted by atomic mass is 16.5. The van der Waals surface area contributed by atoms with Gasteiger partial charge in [0.1, 0.15) is 11.9 Å². The van der Waals surface area contributed by atoms with E-state index in [0.717, 1.165) is 29.5 Å². The van der Waals surface area contributed by atoms with Gasteiger partial charge in [-0.1, -0.05) is 6.07 Å². The molecule has 0 amide bonds. The second kappa shape index (κ2) is 3.76. The van der Waals surface area contributed by atoms with Crippen LogP contribution in [0.1, 0.15) is 12.8 Å². The molecule has 2 aromatic rings. The number of pyridine rings is 1. The molecule has 1 aromatic carbocycles. The van der Waals surface area contributed by atoms with E-state index in [1.165, 1.54) is 0 Å². The van der Waals surface area contributed by atoms with Crippen molar-refractivity contribution in [1.82, 2.24) is 4.98 Å². The van der Waals surface area contributed by atoms with E-state index in [1.54, 1.807) is 6.20 Å². The summed E-state index contributed by atoms with van der Waals surface area (Å²) >= 11 is 0. The molecule has 0 bridgehead atoms. The number of hydrogen-bond donors (Lipinski definition) is 1. The van der Waals surface area contributed by atoms with Gasteiger partial charge in [0.15, 0.2) is 0 Å². The minimum atomic E-state index is 0.279. The molecular weight excluding hydrogens is 200 g/mol. The quantitative estimate of drug-likeness (QED) is 0.832. The van der Waals surface area contributed by atoms with Crippen molar-refractivity contribution in [3.8, 4) is 5.75 Å². The lowest BCUT2D eigenvalue weighted by molar-refractivity contribution is 0.103. The lowest BCUT2D eigenvalue weighted by Gasteiger charge is -2.32. The number of aromatic nitrogens is 1. The Kier molecular flexibility index (Phi) is 2.26.